The first kappa shape index (κ1) is 17.8. The molecule has 28 heavy (non-hydrogen) atoms. The average Bonchev–Trinajstić information content (AvgIpc) is 2.97. The molecule has 142 valence electrons. The van der Waals surface area contributed by atoms with Gasteiger partial charge in [0.05, 0.1) is 16.4 Å². The molecule has 6 rings (SSSR count). The molecule has 0 spiro atoms. The van der Waals surface area contributed by atoms with Crippen molar-refractivity contribution in [1.82, 2.24) is 15.1 Å². The van der Waals surface area contributed by atoms with Gasteiger partial charge in [-0.15, -0.1) is 0 Å². The number of aromatic nitrogens is 2. The molecular formula is C23H21ClFN3. The van der Waals surface area contributed by atoms with Gasteiger partial charge in [0, 0.05) is 17.5 Å². The van der Waals surface area contributed by atoms with Gasteiger partial charge in [0.1, 0.15) is 5.82 Å². The van der Waals surface area contributed by atoms with Crippen LogP contribution < -0.4 is 0 Å². The molecule has 5 heteroatoms. The van der Waals surface area contributed by atoms with Crippen LogP contribution >= 0.6 is 11.6 Å². The molecule has 2 bridgehead atoms. The number of hydrogen-bond donors (Lipinski definition) is 0. The Balaban J connectivity index is 1.65. The third kappa shape index (κ3) is 2.83. The van der Waals surface area contributed by atoms with E-state index in [1.165, 1.54) is 17.2 Å². The highest BCUT2D eigenvalue weighted by Crippen LogP contribution is 2.47. The molecule has 0 radical (unpaired) electrons. The van der Waals surface area contributed by atoms with Crippen LogP contribution in [0.4, 0.5) is 4.39 Å². The van der Waals surface area contributed by atoms with Crippen molar-refractivity contribution in [2.45, 2.75) is 31.7 Å². The van der Waals surface area contributed by atoms with Crippen LogP contribution in [0.25, 0.3) is 11.3 Å². The van der Waals surface area contributed by atoms with Gasteiger partial charge in [-0.25, -0.2) is 4.39 Å². The molecule has 0 atom stereocenters. The van der Waals surface area contributed by atoms with E-state index in [9.17, 15) is 4.39 Å². The third-order valence-corrected chi connectivity index (χ3v) is 6.58. The van der Waals surface area contributed by atoms with E-state index in [1.54, 1.807) is 0 Å². The van der Waals surface area contributed by atoms with Crippen molar-refractivity contribution in [3.8, 4) is 11.3 Å². The molecule has 3 aliphatic rings. The van der Waals surface area contributed by atoms with Gasteiger partial charge < -0.3 is 0 Å². The molecule has 4 heterocycles. The van der Waals surface area contributed by atoms with E-state index in [2.05, 4.69) is 33.3 Å². The van der Waals surface area contributed by atoms with Crippen molar-refractivity contribution in [2.24, 2.45) is 0 Å². The fraction of sp³-hybridized carbons (Fsp3) is 0.304. The average molecular weight is 394 g/mol. The second-order valence-corrected chi connectivity index (χ2v) is 8.33. The summed E-state index contributed by atoms with van der Waals surface area (Å²) < 4.78 is 13.8. The number of piperidine rings is 1. The van der Waals surface area contributed by atoms with Crippen LogP contribution in [0, 0.1) is 12.7 Å². The van der Waals surface area contributed by atoms with Crippen molar-refractivity contribution < 1.29 is 4.39 Å². The Morgan fingerprint density at radius 3 is 2.54 bits per heavy atom. The SMILES string of the molecule is Cc1ccc(-c2ccc3c(c2)CN2CCC3(c3ccc(F)c(Cl)c3)CC2)nn1. The van der Waals surface area contributed by atoms with Gasteiger partial charge in [-0.05, 0) is 79.9 Å². The van der Waals surface area contributed by atoms with Gasteiger partial charge in [-0.1, -0.05) is 29.8 Å². The first-order valence-corrected chi connectivity index (χ1v) is 10.0. The minimum Gasteiger partial charge on any atom is -0.299 e. The molecule has 0 aliphatic carbocycles. The van der Waals surface area contributed by atoms with Crippen LogP contribution in [-0.4, -0.2) is 28.2 Å². The minimum absolute atomic E-state index is 0.114. The molecule has 0 unspecified atom stereocenters. The maximum atomic E-state index is 13.8. The number of rotatable bonds is 2. The number of nitrogens with zero attached hydrogens (tertiary/aromatic N) is 3. The zero-order chi connectivity index (χ0) is 19.3. The van der Waals surface area contributed by atoms with E-state index < -0.39 is 0 Å². The summed E-state index contributed by atoms with van der Waals surface area (Å²) in [5, 5.41) is 8.75. The van der Waals surface area contributed by atoms with E-state index in [1.807, 2.05) is 31.2 Å². The summed E-state index contributed by atoms with van der Waals surface area (Å²) in [5.74, 6) is -0.360. The number of hydrogen-bond acceptors (Lipinski definition) is 3. The summed E-state index contributed by atoms with van der Waals surface area (Å²) in [6, 6.07) is 15.9. The van der Waals surface area contributed by atoms with Gasteiger partial charge >= 0.3 is 0 Å². The molecule has 3 aliphatic heterocycles. The molecule has 3 nitrogen and oxygen atoms in total. The molecule has 3 aromatic rings. The zero-order valence-electron chi connectivity index (χ0n) is 15.8. The second kappa shape index (κ2) is 6.64. The van der Waals surface area contributed by atoms with Crippen molar-refractivity contribution in [3.63, 3.8) is 0 Å². The molecular weight excluding hydrogens is 373 g/mol. The summed E-state index contributed by atoms with van der Waals surface area (Å²) in [6.45, 7) is 4.93. The number of aryl methyl sites for hydroxylation is 1. The van der Waals surface area contributed by atoms with E-state index in [0.29, 0.717) is 0 Å². The van der Waals surface area contributed by atoms with Crippen LogP contribution in [0.5, 0.6) is 0 Å². The summed E-state index contributed by atoms with van der Waals surface area (Å²) in [5.41, 5.74) is 6.53. The molecule has 0 saturated carbocycles. The maximum absolute atomic E-state index is 13.8. The van der Waals surface area contributed by atoms with E-state index in [-0.39, 0.29) is 16.3 Å². The largest absolute Gasteiger partial charge is 0.299 e. The van der Waals surface area contributed by atoms with Gasteiger partial charge in [-0.3, -0.25) is 4.90 Å². The highest BCUT2D eigenvalue weighted by atomic mass is 35.5. The van der Waals surface area contributed by atoms with E-state index in [0.717, 1.165) is 55.0 Å². The fourth-order valence-electron chi connectivity index (χ4n) is 4.74. The lowest BCUT2D eigenvalue weighted by atomic mass is 9.68. The Morgan fingerprint density at radius 1 is 1.00 bits per heavy atom. The lowest BCUT2D eigenvalue weighted by Crippen LogP contribution is -2.39. The van der Waals surface area contributed by atoms with Crippen molar-refractivity contribution in [2.75, 3.05) is 13.1 Å². The Labute approximate surface area is 169 Å². The summed E-state index contributed by atoms with van der Waals surface area (Å²) >= 11 is 6.15. The molecule has 1 aromatic heterocycles. The van der Waals surface area contributed by atoms with Crippen molar-refractivity contribution in [1.29, 1.82) is 0 Å². The van der Waals surface area contributed by atoms with Gasteiger partial charge in [-0.2, -0.15) is 10.2 Å². The van der Waals surface area contributed by atoms with Crippen molar-refractivity contribution in [3.05, 3.63) is 81.8 Å². The van der Waals surface area contributed by atoms with Gasteiger partial charge in [0.15, 0.2) is 0 Å². The normalized spacial score (nSPS) is 23.3. The minimum atomic E-state index is -0.360. The number of fused-ring (bicyclic) bond motifs is 2. The first-order chi connectivity index (χ1) is 13.5. The highest BCUT2D eigenvalue weighted by Gasteiger charge is 2.42. The standard InChI is InChI=1S/C23H21ClFN3/c1-15-2-7-22(27-26-15)16-3-5-19-17(12-16)14-28-10-8-23(19,9-11-28)18-4-6-21(25)20(24)13-18/h2-7,12-13H,8-11,14H2,1H3. The first-order valence-electron chi connectivity index (χ1n) is 9.67. The molecule has 1 fully saturated rings. The summed E-state index contributed by atoms with van der Waals surface area (Å²) in [6.07, 6.45) is 2.04. The van der Waals surface area contributed by atoms with Crippen LogP contribution in [-0.2, 0) is 12.0 Å². The van der Waals surface area contributed by atoms with Crippen LogP contribution in [0.2, 0.25) is 5.02 Å². The van der Waals surface area contributed by atoms with Crippen molar-refractivity contribution >= 4 is 11.6 Å². The predicted molar refractivity (Wildman–Crippen MR) is 109 cm³/mol. The quantitative estimate of drug-likeness (QED) is 0.603. The Morgan fingerprint density at radius 2 is 1.82 bits per heavy atom. The highest BCUT2D eigenvalue weighted by molar-refractivity contribution is 6.30. The van der Waals surface area contributed by atoms with E-state index >= 15 is 0 Å². The maximum Gasteiger partial charge on any atom is 0.141 e. The topological polar surface area (TPSA) is 29.0 Å². The number of benzene rings is 2. The van der Waals surface area contributed by atoms with Crippen LogP contribution in [0.1, 0.15) is 35.2 Å². The smallest absolute Gasteiger partial charge is 0.141 e. The molecule has 2 aromatic carbocycles. The Hall–Kier alpha value is -2.30. The van der Waals surface area contributed by atoms with E-state index in [4.69, 9.17) is 11.6 Å². The van der Waals surface area contributed by atoms with Gasteiger partial charge in [0.25, 0.3) is 0 Å². The molecule has 1 saturated heterocycles. The molecule has 0 amide bonds. The molecule has 0 N–H and O–H groups in total. The van der Waals surface area contributed by atoms with Crippen LogP contribution in [0.3, 0.4) is 0 Å². The predicted octanol–water partition coefficient (Wildman–Crippen LogP) is 5.14. The fourth-order valence-corrected chi connectivity index (χ4v) is 4.93. The second-order valence-electron chi connectivity index (χ2n) is 7.92. The summed E-state index contributed by atoms with van der Waals surface area (Å²) in [7, 11) is 0. The Bertz CT molecular complexity index is 1040. The lowest BCUT2D eigenvalue weighted by Gasteiger charge is -2.39. The monoisotopic (exact) mass is 393 g/mol. The number of halogens is 2. The zero-order valence-corrected chi connectivity index (χ0v) is 16.5. The summed E-state index contributed by atoms with van der Waals surface area (Å²) in [4.78, 5) is 2.50. The van der Waals surface area contributed by atoms with Crippen LogP contribution in [0.15, 0.2) is 48.5 Å². The lowest BCUT2D eigenvalue weighted by molar-refractivity contribution is 0.190. The van der Waals surface area contributed by atoms with Gasteiger partial charge in [0.2, 0.25) is 0 Å². The third-order valence-electron chi connectivity index (χ3n) is 6.29. The Kier molecular flexibility index (Phi) is 4.22.